The number of anilines is 1. The Labute approximate surface area is 116 Å². The Morgan fingerprint density at radius 2 is 2.16 bits per heavy atom. The SMILES string of the molecule is Cc1ncc(CN(C)C(=O)c2c(C)cccc2N)s1. The largest absolute Gasteiger partial charge is 0.398 e. The summed E-state index contributed by atoms with van der Waals surface area (Å²) in [5.41, 5.74) is 7.92. The van der Waals surface area contributed by atoms with Gasteiger partial charge in [0.1, 0.15) is 0 Å². The molecule has 2 rings (SSSR count). The summed E-state index contributed by atoms with van der Waals surface area (Å²) in [5.74, 6) is -0.0540. The van der Waals surface area contributed by atoms with Crippen LogP contribution in [0, 0.1) is 13.8 Å². The molecule has 0 atom stereocenters. The molecule has 2 N–H and O–H groups in total. The molecule has 0 radical (unpaired) electrons. The molecule has 19 heavy (non-hydrogen) atoms. The van der Waals surface area contributed by atoms with Crippen molar-refractivity contribution in [3.63, 3.8) is 0 Å². The number of rotatable bonds is 3. The number of carbonyl (C=O) groups is 1. The molecule has 0 aliphatic heterocycles. The van der Waals surface area contributed by atoms with E-state index in [-0.39, 0.29) is 5.91 Å². The molecule has 1 amide bonds. The van der Waals surface area contributed by atoms with Crippen LogP contribution in [0.25, 0.3) is 0 Å². The summed E-state index contributed by atoms with van der Waals surface area (Å²) in [4.78, 5) is 19.4. The number of aryl methyl sites for hydroxylation is 2. The Morgan fingerprint density at radius 3 is 2.74 bits per heavy atom. The number of carbonyl (C=O) groups excluding carboxylic acids is 1. The van der Waals surface area contributed by atoms with Crippen LogP contribution in [-0.4, -0.2) is 22.8 Å². The highest BCUT2D eigenvalue weighted by Gasteiger charge is 2.17. The van der Waals surface area contributed by atoms with Crippen molar-refractivity contribution >= 4 is 22.9 Å². The van der Waals surface area contributed by atoms with Gasteiger partial charge < -0.3 is 10.6 Å². The van der Waals surface area contributed by atoms with Crippen LogP contribution in [0.2, 0.25) is 0 Å². The average molecular weight is 275 g/mol. The number of nitrogens with zero attached hydrogens (tertiary/aromatic N) is 2. The predicted octanol–water partition coefficient (Wildman–Crippen LogP) is 2.61. The van der Waals surface area contributed by atoms with Crippen LogP contribution in [0.15, 0.2) is 24.4 Å². The number of nitrogen functional groups attached to an aromatic ring is 1. The second-order valence-corrected chi connectivity index (χ2v) is 5.87. The standard InChI is InChI=1S/C14H17N3OS/c1-9-5-4-6-12(15)13(9)14(18)17(3)8-11-7-16-10(2)19-11/h4-7H,8,15H2,1-3H3. The van der Waals surface area contributed by atoms with Crippen molar-refractivity contribution in [2.45, 2.75) is 20.4 Å². The van der Waals surface area contributed by atoms with E-state index >= 15 is 0 Å². The smallest absolute Gasteiger partial charge is 0.256 e. The summed E-state index contributed by atoms with van der Waals surface area (Å²) in [6.45, 7) is 4.40. The van der Waals surface area contributed by atoms with E-state index in [1.54, 1.807) is 29.4 Å². The van der Waals surface area contributed by atoms with Crippen LogP contribution in [0.4, 0.5) is 5.69 Å². The van der Waals surface area contributed by atoms with Crippen LogP contribution in [0.3, 0.4) is 0 Å². The van der Waals surface area contributed by atoms with Crippen LogP contribution < -0.4 is 5.73 Å². The van der Waals surface area contributed by atoms with E-state index in [1.165, 1.54) is 0 Å². The second-order valence-electron chi connectivity index (χ2n) is 4.55. The third-order valence-electron chi connectivity index (χ3n) is 2.93. The molecule has 1 aromatic carbocycles. The number of benzene rings is 1. The van der Waals surface area contributed by atoms with Gasteiger partial charge in [-0.05, 0) is 25.5 Å². The minimum absolute atomic E-state index is 0.0540. The van der Waals surface area contributed by atoms with Gasteiger partial charge in [-0.3, -0.25) is 4.79 Å². The quantitative estimate of drug-likeness (QED) is 0.876. The molecular formula is C14H17N3OS. The minimum atomic E-state index is -0.0540. The molecule has 0 saturated heterocycles. The predicted molar refractivity (Wildman–Crippen MR) is 78.2 cm³/mol. The minimum Gasteiger partial charge on any atom is -0.398 e. The summed E-state index contributed by atoms with van der Waals surface area (Å²) < 4.78 is 0. The van der Waals surface area contributed by atoms with Crippen LogP contribution in [-0.2, 0) is 6.54 Å². The molecule has 0 unspecified atom stereocenters. The van der Waals surface area contributed by atoms with Gasteiger partial charge in [0.05, 0.1) is 17.1 Å². The van der Waals surface area contributed by atoms with Gasteiger partial charge in [-0.2, -0.15) is 0 Å². The number of aromatic nitrogens is 1. The van der Waals surface area contributed by atoms with E-state index in [4.69, 9.17) is 5.73 Å². The number of hydrogen-bond donors (Lipinski definition) is 1. The lowest BCUT2D eigenvalue weighted by Gasteiger charge is -2.18. The molecule has 1 heterocycles. The van der Waals surface area contributed by atoms with E-state index < -0.39 is 0 Å². The van der Waals surface area contributed by atoms with Gasteiger partial charge in [-0.25, -0.2) is 4.98 Å². The second kappa shape index (κ2) is 5.40. The summed E-state index contributed by atoms with van der Waals surface area (Å²) in [7, 11) is 1.78. The van der Waals surface area contributed by atoms with E-state index in [0.29, 0.717) is 17.8 Å². The lowest BCUT2D eigenvalue weighted by Crippen LogP contribution is -2.27. The van der Waals surface area contributed by atoms with Crippen molar-refractivity contribution in [1.82, 2.24) is 9.88 Å². The van der Waals surface area contributed by atoms with Crippen molar-refractivity contribution in [3.8, 4) is 0 Å². The van der Waals surface area contributed by atoms with Gasteiger partial charge in [0, 0.05) is 23.8 Å². The lowest BCUT2D eigenvalue weighted by molar-refractivity contribution is 0.0787. The van der Waals surface area contributed by atoms with Gasteiger partial charge in [0.2, 0.25) is 0 Å². The monoisotopic (exact) mass is 275 g/mol. The molecule has 0 fully saturated rings. The topological polar surface area (TPSA) is 59.2 Å². The fourth-order valence-electron chi connectivity index (χ4n) is 1.96. The highest BCUT2D eigenvalue weighted by atomic mass is 32.1. The zero-order valence-electron chi connectivity index (χ0n) is 11.3. The molecule has 0 spiro atoms. The Bertz CT molecular complexity index is 586. The number of amides is 1. The van der Waals surface area contributed by atoms with Gasteiger partial charge >= 0.3 is 0 Å². The first-order valence-electron chi connectivity index (χ1n) is 6.01. The molecule has 0 bridgehead atoms. The molecule has 100 valence electrons. The first-order valence-corrected chi connectivity index (χ1v) is 6.82. The Morgan fingerprint density at radius 1 is 1.42 bits per heavy atom. The number of nitrogens with two attached hydrogens (primary N) is 1. The van der Waals surface area contributed by atoms with Gasteiger partial charge in [-0.1, -0.05) is 12.1 Å². The van der Waals surface area contributed by atoms with Crippen LogP contribution in [0.1, 0.15) is 25.8 Å². The molecule has 0 saturated carbocycles. The first-order chi connectivity index (χ1) is 8.99. The average Bonchev–Trinajstić information content (AvgIpc) is 2.74. The van der Waals surface area contributed by atoms with Crippen molar-refractivity contribution in [1.29, 1.82) is 0 Å². The Kier molecular flexibility index (Phi) is 3.85. The van der Waals surface area contributed by atoms with Gasteiger partial charge in [-0.15, -0.1) is 11.3 Å². The summed E-state index contributed by atoms with van der Waals surface area (Å²) in [5, 5.41) is 1.01. The highest BCUT2D eigenvalue weighted by molar-refractivity contribution is 7.11. The fourth-order valence-corrected chi connectivity index (χ4v) is 2.81. The highest BCUT2D eigenvalue weighted by Crippen LogP contribution is 2.20. The van der Waals surface area contributed by atoms with Crippen LogP contribution >= 0.6 is 11.3 Å². The van der Waals surface area contributed by atoms with Gasteiger partial charge in [0.15, 0.2) is 0 Å². The molecule has 4 nitrogen and oxygen atoms in total. The van der Waals surface area contributed by atoms with E-state index in [9.17, 15) is 4.79 Å². The summed E-state index contributed by atoms with van der Waals surface area (Å²) in [6, 6.07) is 5.51. The maximum atomic E-state index is 12.4. The number of hydrogen-bond acceptors (Lipinski definition) is 4. The normalized spacial score (nSPS) is 10.5. The zero-order chi connectivity index (χ0) is 14.0. The third kappa shape index (κ3) is 2.93. The van der Waals surface area contributed by atoms with E-state index in [1.807, 2.05) is 32.2 Å². The molecule has 5 heteroatoms. The fraction of sp³-hybridized carbons (Fsp3) is 0.286. The van der Waals surface area contributed by atoms with Crippen molar-refractivity contribution < 1.29 is 4.79 Å². The van der Waals surface area contributed by atoms with Crippen LogP contribution in [0.5, 0.6) is 0 Å². The van der Waals surface area contributed by atoms with Gasteiger partial charge in [0.25, 0.3) is 5.91 Å². The molecule has 0 aliphatic rings. The molecule has 0 aliphatic carbocycles. The van der Waals surface area contributed by atoms with E-state index in [0.717, 1.165) is 15.4 Å². The van der Waals surface area contributed by atoms with E-state index in [2.05, 4.69) is 4.98 Å². The number of thiazole rings is 1. The summed E-state index contributed by atoms with van der Waals surface area (Å²) >= 11 is 1.60. The first kappa shape index (κ1) is 13.5. The molecule has 1 aromatic heterocycles. The molecule has 2 aromatic rings. The lowest BCUT2D eigenvalue weighted by atomic mass is 10.1. The maximum Gasteiger partial charge on any atom is 0.256 e. The summed E-state index contributed by atoms with van der Waals surface area (Å²) in [6.07, 6.45) is 1.81. The Balaban J connectivity index is 2.19. The van der Waals surface area contributed by atoms with Crippen molar-refractivity contribution in [2.24, 2.45) is 0 Å². The molecular weight excluding hydrogens is 258 g/mol. The van der Waals surface area contributed by atoms with Crippen molar-refractivity contribution in [3.05, 3.63) is 45.4 Å². The maximum absolute atomic E-state index is 12.4. The third-order valence-corrected chi connectivity index (χ3v) is 3.83. The van der Waals surface area contributed by atoms with Crippen molar-refractivity contribution in [2.75, 3.05) is 12.8 Å². The zero-order valence-corrected chi connectivity index (χ0v) is 12.1. The Hall–Kier alpha value is -1.88.